The molecule has 7 heteroatoms. The van der Waals surface area contributed by atoms with E-state index in [0.717, 1.165) is 13.0 Å². The zero-order chi connectivity index (χ0) is 20.7. The van der Waals surface area contributed by atoms with Crippen molar-refractivity contribution in [2.45, 2.75) is 45.8 Å². The molecule has 0 aliphatic carbocycles. The summed E-state index contributed by atoms with van der Waals surface area (Å²) in [6.07, 6.45) is 1.17. The molecule has 28 heavy (non-hydrogen) atoms. The number of ether oxygens (including phenoxy) is 2. The number of rotatable bonds is 4. The standard InChI is InChI=1S/C21H33N3O4/c1-6-7-20(25)23-16-8-9-17-18(10-16)28-13-15(3)22-11-14(2)19(27-5)12-24(4)21(17)26/h8-10,14-15,19,22H,6-7,11-13H2,1-5H3,(H,23,25)/t14-,15-,19+/m1/s1. The van der Waals surface area contributed by atoms with Crippen molar-refractivity contribution in [3.63, 3.8) is 0 Å². The maximum Gasteiger partial charge on any atom is 0.257 e. The molecule has 0 fully saturated rings. The quantitative estimate of drug-likeness (QED) is 0.824. The fourth-order valence-electron chi connectivity index (χ4n) is 3.18. The number of nitrogens with one attached hydrogen (secondary N) is 2. The average Bonchev–Trinajstić information content (AvgIpc) is 2.67. The molecule has 156 valence electrons. The van der Waals surface area contributed by atoms with Crippen molar-refractivity contribution in [1.82, 2.24) is 10.2 Å². The zero-order valence-corrected chi connectivity index (χ0v) is 17.6. The lowest BCUT2D eigenvalue weighted by Crippen LogP contribution is -2.44. The number of carbonyl (C=O) groups excluding carboxylic acids is 2. The molecule has 1 aromatic carbocycles. The molecule has 1 heterocycles. The number of benzene rings is 1. The Morgan fingerprint density at radius 2 is 2.14 bits per heavy atom. The summed E-state index contributed by atoms with van der Waals surface area (Å²) in [5.74, 6) is 0.544. The Hall–Kier alpha value is -2.12. The lowest BCUT2D eigenvalue weighted by atomic mass is 10.0. The lowest BCUT2D eigenvalue weighted by molar-refractivity contribution is -0.116. The number of hydrogen-bond donors (Lipinski definition) is 2. The van der Waals surface area contributed by atoms with Crippen molar-refractivity contribution in [2.24, 2.45) is 5.92 Å². The molecule has 2 N–H and O–H groups in total. The molecule has 3 atom stereocenters. The van der Waals surface area contributed by atoms with Crippen LogP contribution in [0.5, 0.6) is 5.75 Å². The van der Waals surface area contributed by atoms with Gasteiger partial charge in [0.2, 0.25) is 5.91 Å². The van der Waals surface area contributed by atoms with E-state index in [9.17, 15) is 9.59 Å². The molecule has 1 aliphatic rings. The first kappa shape index (κ1) is 22.2. The summed E-state index contributed by atoms with van der Waals surface area (Å²) in [4.78, 5) is 26.6. The molecule has 0 spiro atoms. The predicted octanol–water partition coefficient (Wildman–Crippen LogP) is 2.52. The van der Waals surface area contributed by atoms with Crippen LogP contribution in [0.2, 0.25) is 0 Å². The molecular formula is C21H33N3O4. The third kappa shape index (κ3) is 5.94. The molecule has 1 aromatic rings. The third-order valence-electron chi connectivity index (χ3n) is 4.99. The van der Waals surface area contributed by atoms with E-state index in [2.05, 4.69) is 17.6 Å². The van der Waals surface area contributed by atoms with Gasteiger partial charge in [0.1, 0.15) is 12.4 Å². The van der Waals surface area contributed by atoms with E-state index in [-0.39, 0.29) is 29.9 Å². The van der Waals surface area contributed by atoms with E-state index in [4.69, 9.17) is 9.47 Å². The van der Waals surface area contributed by atoms with Crippen LogP contribution in [-0.4, -0.2) is 62.7 Å². The summed E-state index contributed by atoms with van der Waals surface area (Å²) in [6.45, 7) is 7.78. The van der Waals surface area contributed by atoms with Crippen molar-refractivity contribution in [2.75, 3.05) is 39.2 Å². The Labute approximate surface area is 167 Å². The molecule has 0 saturated heterocycles. The molecule has 2 amide bonds. The maximum atomic E-state index is 13.0. The first-order valence-electron chi connectivity index (χ1n) is 9.94. The Morgan fingerprint density at radius 1 is 1.39 bits per heavy atom. The Balaban J connectivity index is 2.31. The van der Waals surface area contributed by atoms with Crippen LogP contribution >= 0.6 is 0 Å². The van der Waals surface area contributed by atoms with Gasteiger partial charge in [0.25, 0.3) is 5.91 Å². The molecule has 1 aliphatic heterocycles. The molecule has 0 aromatic heterocycles. The second kappa shape index (κ2) is 10.4. The number of nitrogens with zero attached hydrogens (tertiary/aromatic N) is 1. The predicted molar refractivity (Wildman–Crippen MR) is 110 cm³/mol. The minimum absolute atomic E-state index is 0.0500. The topological polar surface area (TPSA) is 79.9 Å². The molecular weight excluding hydrogens is 358 g/mol. The third-order valence-corrected chi connectivity index (χ3v) is 4.99. The Morgan fingerprint density at radius 3 is 2.82 bits per heavy atom. The van der Waals surface area contributed by atoms with Crippen LogP contribution < -0.4 is 15.4 Å². The average molecular weight is 392 g/mol. The monoisotopic (exact) mass is 391 g/mol. The van der Waals surface area contributed by atoms with Crippen LogP contribution in [0.3, 0.4) is 0 Å². The van der Waals surface area contributed by atoms with Gasteiger partial charge in [-0.3, -0.25) is 9.59 Å². The summed E-state index contributed by atoms with van der Waals surface area (Å²) in [7, 11) is 3.45. The molecule has 0 bridgehead atoms. The summed E-state index contributed by atoms with van der Waals surface area (Å²) in [6, 6.07) is 5.29. The second-order valence-corrected chi connectivity index (χ2v) is 7.57. The van der Waals surface area contributed by atoms with Gasteiger partial charge in [0.15, 0.2) is 0 Å². The maximum absolute atomic E-state index is 13.0. The van der Waals surface area contributed by atoms with Crippen LogP contribution in [0.25, 0.3) is 0 Å². The molecule has 2 rings (SSSR count). The smallest absolute Gasteiger partial charge is 0.257 e. The van der Waals surface area contributed by atoms with Crippen LogP contribution in [0.4, 0.5) is 5.69 Å². The van der Waals surface area contributed by atoms with Gasteiger partial charge in [-0.1, -0.05) is 13.8 Å². The van der Waals surface area contributed by atoms with Crippen molar-refractivity contribution in [1.29, 1.82) is 0 Å². The number of hydrogen-bond acceptors (Lipinski definition) is 5. The minimum Gasteiger partial charge on any atom is -0.491 e. The highest BCUT2D eigenvalue weighted by molar-refractivity contribution is 5.98. The Bertz CT molecular complexity index is 680. The van der Waals surface area contributed by atoms with E-state index in [1.807, 2.05) is 13.8 Å². The summed E-state index contributed by atoms with van der Waals surface area (Å²) in [5.41, 5.74) is 1.11. The number of methoxy groups -OCH3 is 1. The van der Waals surface area contributed by atoms with Gasteiger partial charge in [-0.15, -0.1) is 0 Å². The number of amides is 2. The second-order valence-electron chi connectivity index (χ2n) is 7.57. The first-order chi connectivity index (χ1) is 13.3. The van der Waals surface area contributed by atoms with Crippen LogP contribution in [0, 0.1) is 5.92 Å². The van der Waals surface area contributed by atoms with E-state index in [1.165, 1.54) is 0 Å². The van der Waals surface area contributed by atoms with Crippen molar-refractivity contribution < 1.29 is 19.1 Å². The van der Waals surface area contributed by atoms with Gasteiger partial charge in [-0.2, -0.15) is 0 Å². The molecule has 0 unspecified atom stereocenters. The van der Waals surface area contributed by atoms with Gasteiger partial charge in [0.05, 0.1) is 11.7 Å². The largest absolute Gasteiger partial charge is 0.491 e. The zero-order valence-electron chi connectivity index (χ0n) is 17.6. The van der Waals surface area contributed by atoms with E-state index >= 15 is 0 Å². The fourth-order valence-corrected chi connectivity index (χ4v) is 3.18. The number of anilines is 1. The highest BCUT2D eigenvalue weighted by Crippen LogP contribution is 2.26. The number of fused-ring (bicyclic) bond motifs is 1. The van der Waals surface area contributed by atoms with Crippen LogP contribution in [0.1, 0.15) is 44.0 Å². The van der Waals surface area contributed by atoms with Crippen molar-refractivity contribution >= 4 is 17.5 Å². The van der Waals surface area contributed by atoms with Crippen molar-refractivity contribution in [3.05, 3.63) is 23.8 Å². The number of likely N-dealkylation sites (N-methyl/N-ethyl adjacent to an activating group) is 1. The van der Waals surface area contributed by atoms with Gasteiger partial charge < -0.3 is 25.0 Å². The summed E-state index contributed by atoms with van der Waals surface area (Å²) >= 11 is 0. The highest BCUT2D eigenvalue weighted by atomic mass is 16.5. The molecule has 7 nitrogen and oxygen atoms in total. The van der Waals surface area contributed by atoms with E-state index in [1.54, 1.807) is 37.3 Å². The fraction of sp³-hybridized carbons (Fsp3) is 0.619. The normalized spacial score (nSPS) is 23.8. The van der Waals surface area contributed by atoms with Gasteiger partial charge in [-0.05, 0) is 31.4 Å². The lowest BCUT2D eigenvalue weighted by Gasteiger charge is -2.30. The van der Waals surface area contributed by atoms with E-state index < -0.39 is 0 Å². The molecule has 0 saturated carbocycles. The van der Waals surface area contributed by atoms with E-state index in [0.29, 0.717) is 36.6 Å². The van der Waals surface area contributed by atoms with Crippen LogP contribution in [0.15, 0.2) is 18.2 Å². The Kier molecular flexibility index (Phi) is 8.26. The van der Waals surface area contributed by atoms with Gasteiger partial charge in [-0.25, -0.2) is 0 Å². The highest BCUT2D eigenvalue weighted by Gasteiger charge is 2.25. The summed E-state index contributed by atoms with van der Waals surface area (Å²) < 4.78 is 11.6. The van der Waals surface area contributed by atoms with Crippen molar-refractivity contribution in [3.8, 4) is 5.75 Å². The summed E-state index contributed by atoms with van der Waals surface area (Å²) in [5, 5.41) is 6.32. The first-order valence-corrected chi connectivity index (χ1v) is 9.94. The van der Waals surface area contributed by atoms with Crippen LogP contribution in [-0.2, 0) is 9.53 Å². The van der Waals surface area contributed by atoms with Gasteiger partial charge in [0, 0.05) is 51.5 Å². The van der Waals surface area contributed by atoms with Gasteiger partial charge >= 0.3 is 0 Å². The minimum atomic E-state index is -0.128. The number of carbonyl (C=O) groups is 2. The SMILES string of the molecule is CCCC(=O)Nc1ccc2c(c1)OC[C@@H](C)NC[C@@H](C)[C@@H](OC)CN(C)C2=O. The molecule has 0 radical (unpaired) electrons.